The third-order valence-electron chi connectivity index (χ3n) is 11.0. The molecular formula is C43H54N4O9S. The molecule has 1 N–H and O–H groups in total. The summed E-state index contributed by atoms with van der Waals surface area (Å²) in [5.41, 5.74) is 6.80. The number of nitrogens with zero attached hydrogens (tertiary/aromatic N) is 3. The van der Waals surface area contributed by atoms with E-state index in [1.807, 2.05) is 0 Å². The molecule has 3 aliphatic rings. The van der Waals surface area contributed by atoms with E-state index in [9.17, 15) is 29.2 Å². The maximum absolute atomic E-state index is 12.9. The number of hydrogen-bond acceptors (Lipinski definition) is 11. The summed E-state index contributed by atoms with van der Waals surface area (Å²) in [6.45, 7) is 11.9. The Bertz CT molecular complexity index is 1900. The highest BCUT2D eigenvalue weighted by molar-refractivity contribution is 7.94. The van der Waals surface area contributed by atoms with Crippen LogP contribution in [0.4, 0.5) is 11.4 Å². The van der Waals surface area contributed by atoms with Gasteiger partial charge in [-0.25, -0.2) is 4.79 Å². The number of carbonyl (C=O) groups is 5. The van der Waals surface area contributed by atoms with Crippen LogP contribution in [0, 0.1) is 0 Å². The van der Waals surface area contributed by atoms with E-state index in [1.165, 1.54) is 40.8 Å². The van der Waals surface area contributed by atoms with E-state index in [0.29, 0.717) is 17.2 Å². The Morgan fingerprint density at radius 1 is 0.912 bits per heavy atom. The van der Waals surface area contributed by atoms with Crippen molar-refractivity contribution in [3.63, 3.8) is 0 Å². The Hall–Kier alpha value is -4.63. The van der Waals surface area contributed by atoms with Crippen LogP contribution in [0.25, 0.3) is 0 Å². The molecule has 306 valence electrons. The number of hydroxylamine groups is 2. The molecule has 0 radical (unpaired) electrons. The first-order valence-corrected chi connectivity index (χ1v) is 20.6. The second-order valence-corrected chi connectivity index (χ2v) is 16.5. The van der Waals surface area contributed by atoms with E-state index >= 15 is 0 Å². The Morgan fingerprint density at radius 2 is 1.61 bits per heavy atom. The van der Waals surface area contributed by atoms with Crippen molar-refractivity contribution >= 4 is 58.6 Å². The third kappa shape index (κ3) is 10.5. The second-order valence-electron chi connectivity index (χ2n) is 15.7. The van der Waals surface area contributed by atoms with E-state index in [2.05, 4.69) is 119 Å². The minimum Gasteiger partial charge on any atom is -0.691 e. The lowest BCUT2D eigenvalue weighted by Crippen LogP contribution is -2.39. The summed E-state index contributed by atoms with van der Waals surface area (Å²) in [6.07, 6.45) is 10.4. The number of nitrogens with one attached hydrogen (secondary N) is 1. The zero-order valence-corrected chi connectivity index (χ0v) is 34.4. The average Bonchev–Trinajstić information content (AvgIpc) is 3.69. The number of hydrogen-bond donors (Lipinski definition) is 1. The largest absolute Gasteiger partial charge is 0.691 e. The van der Waals surface area contributed by atoms with E-state index in [-0.39, 0.29) is 61.0 Å². The van der Waals surface area contributed by atoms with Crippen molar-refractivity contribution in [2.45, 2.75) is 116 Å². The molecule has 5 rings (SSSR count). The van der Waals surface area contributed by atoms with Crippen LogP contribution in [-0.2, 0) is 49.0 Å². The van der Waals surface area contributed by atoms with Crippen LogP contribution >= 0.6 is 12.0 Å². The lowest BCUT2D eigenvalue weighted by molar-refractivity contribution is -0.777. The van der Waals surface area contributed by atoms with Crippen LogP contribution in [0.5, 0.6) is 0 Å². The Kier molecular flexibility index (Phi) is 15.0. The van der Waals surface area contributed by atoms with Gasteiger partial charge >= 0.3 is 5.97 Å². The zero-order chi connectivity index (χ0) is 41.2. The van der Waals surface area contributed by atoms with Gasteiger partial charge in [-0.3, -0.25) is 24.2 Å². The van der Waals surface area contributed by atoms with Gasteiger partial charge in [-0.05, 0) is 64.2 Å². The summed E-state index contributed by atoms with van der Waals surface area (Å²) in [6, 6.07) is 16.2. The summed E-state index contributed by atoms with van der Waals surface area (Å²) in [7, 11) is 0. The molecule has 3 aliphatic heterocycles. The molecule has 2 aromatic carbocycles. The normalized spacial score (nSPS) is 18.1. The lowest BCUT2D eigenvalue weighted by Gasteiger charge is -2.27. The van der Waals surface area contributed by atoms with E-state index in [1.54, 1.807) is 0 Å². The number of ketones is 1. The minimum atomic E-state index is -0.739. The van der Waals surface area contributed by atoms with Crippen LogP contribution in [0.15, 0.2) is 72.5 Å². The summed E-state index contributed by atoms with van der Waals surface area (Å²) in [4.78, 5) is 68.0. The molecule has 0 saturated carbocycles. The van der Waals surface area contributed by atoms with Gasteiger partial charge in [-0.1, -0.05) is 62.7 Å². The number of amides is 3. The first kappa shape index (κ1) is 43.5. The van der Waals surface area contributed by atoms with Gasteiger partial charge < -0.3 is 20.3 Å². The molecule has 1 unspecified atom stereocenters. The highest BCUT2D eigenvalue weighted by Crippen LogP contribution is 2.48. The highest BCUT2D eigenvalue weighted by Gasteiger charge is 2.44. The number of imide groups is 1. The van der Waals surface area contributed by atoms with Gasteiger partial charge in [0.1, 0.15) is 6.54 Å². The minimum absolute atomic E-state index is 0.0147. The standard InChI is InChI=1S/C43H54N4O9S/c1-30(48)33(18-13-24-41(52)54-47-39(50)25-26-40(47)51)44-38(49)23-7-6-12-27-45-34-19-10-8-16-31(34)42(2,3)36(45)21-14-22-37-43(4,5)32-17-9-11-20-35(32)46(37)28-15-29-57-56-55-53/h8-11,14,16-17,19-22,33H,6-7,12-13,15,18,23-29H2,1-5H3,(H-,44,49,53). The van der Waals surface area contributed by atoms with Crippen LogP contribution in [0.2, 0.25) is 0 Å². The summed E-state index contributed by atoms with van der Waals surface area (Å²) in [5, 5.41) is 17.1. The first-order valence-electron chi connectivity index (χ1n) is 19.7. The maximum Gasteiger partial charge on any atom is 0.333 e. The Labute approximate surface area is 339 Å². The lowest BCUT2D eigenvalue weighted by atomic mass is 9.81. The number of para-hydroxylation sites is 2. The number of Topliss-reactive ketones (excluding diaryl/α,β-unsaturated/α-hetero) is 1. The molecule has 0 bridgehead atoms. The second kappa shape index (κ2) is 19.7. The molecule has 0 aliphatic carbocycles. The van der Waals surface area contributed by atoms with Gasteiger partial charge in [0.25, 0.3) is 11.8 Å². The molecular weight excluding hydrogens is 749 g/mol. The van der Waals surface area contributed by atoms with Crippen molar-refractivity contribution in [3.8, 4) is 0 Å². The first-order chi connectivity index (χ1) is 27.3. The van der Waals surface area contributed by atoms with Crippen molar-refractivity contribution in [1.82, 2.24) is 10.4 Å². The SMILES string of the molecule is CC(=O)C(CCCC(=O)ON1C(=O)CCC1=O)NC(=O)CCCCCN1/C(=C\C=C\C2=[N+](CCCSOO[O-])c3ccccc3C2(C)C)C(C)(C)c2ccccc21. The number of rotatable bonds is 21. The zero-order valence-electron chi connectivity index (χ0n) is 33.5. The number of carbonyl (C=O) groups excluding carboxylic acids is 5. The van der Waals surface area contributed by atoms with Crippen LogP contribution in [0.3, 0.4) is 0 Å². The molecule has 3 amide bonds. The van der Waals surface area contributed by atoms with E-state index in [0.717, 1.165) is 44.4 Å². The average molecular weight is 803 g/mol. The van der Waals surface area contributed by atoms with E-state index < -0.39 is 23.8 Å². The van der Waals surface area contributed by atoms with Crippen molar-refractivity contribution < 1.29 is 48.0 Å². The van der Waals surface area contributed by atoms with Gasteiger partial charge in [0.15, 0.2) is 11.5 Å². The van der Waals surface area contributed by atoms with Crippen molar-refractivity contribution in [2.75, 3.05) is 23.7 Å². The Morgan fingerprint density at radius 3 is 2.33 bits per heavy atom. The van der Waals surface area contributed by atoms with Crippen LogP contribution in [-0.4, -0.2) is 69.7 Å². The molecule has 0 aromatic heterocycles. The molecule has 2 aromatic rings. The van der Waals surface area contributed by atoms with Gasteiger partial charge in [-0.15, -0.1) is 5.06 Å². The topological polar surface area (TPSA) is 158 Å². The fourth-order valence-electron chi connectivity index (χ4n) is 7.96. The number of unbranched alkanes of at least 4 members (excludes halogenated alkanes) is 2. The molecule has 3 heterocycles. The van der Waals surface area contributed by atoms with Crippen molar-refractivity contribution in [1.29, 1.82) is 0 Å². The van der Waals surface area contributed by atoms with E-state index in [4.69, 9.17) is 4.84 Å². The Balaban J connectivity index is 1.17. The van der Waals surface area contributed by atoms with Crippen LogP contribution < -0.4 is 15.5 Å². The predicted molar refractivity (Wildman–Crippen MR) is 215 cm³/mol. The summed E-state index contributed by atoms with van der Waals surface area (Å²) < 4.78 is 6.83. The maximum atomic E-state index is 12.9. The third-order valence-corrected chi connectivity index (χ3v) is 11.6. The highest BCUT2D eigenvalue weighted by atomic mass is 32.2. The molecule has 0 spiro atoms. The number of allylic oxidation sites excluding steroid dienone is 4. The number of fused-ring (bicyclic) bond motifs is 2. The van der Waals surface area contributed by atoms with Crippen LogP contribution in [0.1, 0.15) is 110 Å². The molecule has 1 atom stereocenters. The molecule has 13 nitrogen and oxygen atoms in total. The number of anilines is 1. The summed E-state index contributed by atoms with van der Waals surface area (Å²) in [5.74, 6) is -1.66. The van der Waals surface area contributed by atoms with Gasteiger partial charge in [-0.2, -0.15) is 8.91 Å². The monoisotopic (exact) mass is 802 g/mol. The molecule has 57 heavy (non-hydrogen) atoms. The molecule has 14 heteroatoms. The van der Waals surface area contributed by atoms with Gasteiger partial charge in [0.05, 0.1) is 11.5 Å². The summed E-state index contributed by atoms with van der Waals surface area (Å²) >= 11 is 1.00. The van der Waals surface area contributed by atoms with Gasteiger partial charge in [0, 0.05) is 90.9 Å². The molecule has 1 fully saturated rings. The fraction of sp³-hybridized carbons (Fsp3) is 0.488. The van der Waals surface area contributed by atoms with Gasteiger partial charge in [0.2, 0.25) is 11.6 Å². The number of benzene rings is 2. The predicted octanol–water partition coefficient (Wildman–Crippen LogP) is 5.97. The fourth-order valence-corrected chi connectivity index (χ4v) is 8.32. The quantitative estimate of drug-likeness (QED) is 0.0396. The van der Waals surface area contributed by atoms with Crippen molar-refractivity contribution in [2.24, 2.45) is 0 Å². The van der Waals surface area contributed by atoms with Crippen molar-refractivity contribution in [3.05, 3.63) is 83.6 Å². The molecule has 1 saturated heterocycles. The smallest absolute Gasteiger partial charge is 0.333 e.